The Labute approximate surface area is 291 Å². The minimum absolute atomic E-state index is 0. The van der Waals surface area contributed by atoms with E-state index in [-0.39, 0.29) is 28.1 Å². The van der Waals surface area contributed by atoms with Gasteiger partial charge >= 0.3 is 53.5 Å². The van der Waals surface area contributed by atoms with E-state index in [1.54, 1.807) is 13.8 Å². The number of allylic oxidation sites excluding steroid dienone is 4. The van der Waals surface area contributed by atoms with Crippen LogP contribution in [0.5, 0.6) is 0 Å². The van der Waals surface area contributed by atoms with Gasteiger partial charge in [0.25, 0.3) is 0 Å². The fraction of sp³-hybridized carbons (Fsp3) is 0.258. The van der Waals surface area contributed by atoms with Crippen LogP contribution in [0.25, 0.3) is 22.3 Å². The van der Waals surface area contributed by atoms with Crippen molar-refractivity contribution in [3.8, 4) is 0 Å². The molecule has 4 heterocycles. The molecule has 0 saturated carbocycles. The van der Waals surface area contributed by atoms with Gasteiger partial charge in [0, 0.05) is 6.21 Å². The van der Waals surface area contributed by atoms with Gasteiger partial charge in [0.15, 0.2) is 19.8 Å². The van der Waals surface area contributed by atoms with E-state index in [9.17, 15) is 53.9 Å². The quantitative estimate of drug-likeness (QED) is 0.123. The van der Waals surface area contributed by atoms with Crippen LogP contribution in [0.2, 0.25) is 0 Å². The van der Waals surface area contributed by atoms with E-state index in [1.165, 1.54) is 30.5 Å². The van der Waals surface area contributed by atoms with Crippen LogP contribution in [0.3, 0.4) is 0 Å². The second-order valence-corrected chi connectivity index (χ2v) is 10.4. The fourth-order valence-corrected chi connectivity index (χ4v) is 4.19. The number of carbonyl (C=O) groups excluding carboxylic acids is 3. The van der Waals surface area contributed by atoms with E-state index in [1.807, 2.05) is 0 Å². The van der Waals surface area contributed by atoms with Gasteiger partial charge in [-0.05, 0) is 38.2 Å². The molecule has 1 radical (unpaired) electrons. The average Bonchev–Trinajstić information content (AvgIpc) is 3.83. The molecule has 20 heteroatoms. The van der Waals surface area contributed by atoms with Crippen LogP contribution in [0.1, 0.15) is 25.2 Å². The van der Waals surface area contributed by atoms with Crippen molar-refractivity contribution in [3.63, 3.8) is 0 Å². The monoisotopic (exact) mass is 771 g/mol. The Hall–Kier alpha value is -5.10. The van der Waals surface area contributed by atoms with Crippen LogP contribution in [0.4, 0.5) is 39.5 Å². The number of nitrogens with zero attached hydrogens (tertiary/aromatic N) is 4. The summed E-state index contributed by atoms with van der Waals surface area (Å²) in [6, 6.07) is 4.75. The maximum atomic E-state index is 13.1. The fourth-order valence-electron chi connectivity index (χ4n) is 4.19. The van der Waals surface area contributed by atoms with Gasteiger partial charge in [-0.3, -0.25) is 4.99 Å². The average molecular weight is 771 g/mol. The SMILES string of the molecule is CC(C)=c1cc/c(=C(\C(=O)OCC(F)(F)F)C2=N/C(=C(/C(=O)OCC(F)(F)F)c3ccc(/C(C(=O)OCC(F)(F)F)=C4/C=CC=N4)[n-]3)C=C2)[n-]1.[Mn+2]. The van der Waals surface area contributed by atoms with Crippen LogP contribution in [-0.4, -0.2) is 68.2 Å². The predicted octanol–water partition coefficient (Wildman–Crippen LogP) is 4.03. The third-order valence-corrected chi connectivity index (χ3v) is 6.24. The molecule has 2 aromatic rings. The molecule has 2 aromatic heterocycles. The number of halogens is 9. The first kappa shape index (κ1) is 40.3. The smallest absolute Gasteiger partial charge is 0.657 e. The molecule has 0 aliphatic carbocycles. The van der Waals surface area contributed by atoms with Crippen LogP contribution < -0.4 is 20.7 Å². The van der Waals surface area contributed by atoms with Crippen molar-refractivity contribution < 1.29 is 85.2 Å². The van der Waals surface area contributed by atoms with Crippen LogP contribution >= 0.6 is 0 Å². The number of esters is 3. The number of hydrogen-bond donors (Lipinski definition) is 0. The van der Waals surface area contributed by atoms with E-state index >= 15 is 0 Å². The van der Waals surface area contributed by atoms with E-state index in [0.29, 0.717) is 10.9 Å². The van der Waals surface area contributed by atoms with Gasteiger partial charge in [0.2, 0.25) is 0 Å². The van der Waals surface area contributed by atoms with Gasteiger partial charge in [0.05, 0.1) is 33.8 Å². The second-order valence-electron chi connectivity index (χ2n) is 10.4. The molecule has 0 bridgehead atoms. The van der Waals surface area contributed by atoms with Crippen molar-refractivity contribution in [3.05, 3.63) is 82.0 Å². The third-order valence-electron chi connectivity index (χ3n) is 6.24. The van der Waals surface area contributed by atoms with Crippen LogP contribution in [0.15, 0.2) is 69.9 Å². The number of aliphatic imine (C=N–C) groups is 2. The van der Waals surface area contributed by atoms with Gasteiger partial charge < -0.3 is 24.2 Å². The summed E-state index contributed by atoms with van der Waals surface area (Å²) in [5, 5.41) is 0.163. The normalized spacial score (nSPS) is 16.7. The molecule has 0 N–H and O–H groups in total. The zero-order chi connectivity index (χ0) is 37.0. The molecular weight excluding hydrogens is 750 g/mol. The molecule has 10 nitrogen and oxygen atoms in total. The Morgan fingerprint density at radius 1 is 0.627 bits per heavy atom. The number of carbonyl (C=O) groups is 3. The first-order valence-corrected chi connectivity index (χ1v) is 13.9. The zero-order valence-electron chi connectivity index (χ0n) is 25.8. The molecule has 0 atom stereocenters. The molecule has 0 saturated heterocycles. The summed E-state index contributed by atoms with van der Waals surface area (Å²) in [7, 11) is 0. The number of aromatic nitrogens is 2. The number of hydrogen-bond acceptors (Lipinski definition) is 8. The van der Waals surface area contributed by atoms with Crippen molar-refractivity contribution in [2.45, 2.75) is 32.4 Å². The second kappa shape index (κ2) is 15.8. The number of alkyl halides is 9. The predicted molar refractivity (Wildman–Crippen MR) is 156 cm³/mol. The molecule has 0 amide bonds. The molecule has 4 rings (SSSR count). The molecule has 51 heavy (non-hydrogen) atoms. The maximum Gasteiger partial charge on any atom is 2.00 e. The summed E-state index contributed by atoms with van der Waals surface area (Å²) in [5.74, 6) is -4.73. The van der Waals surface area contributed by atoms with Crippen molar-refractivity contribution in [2.24, 2.45) is 9.98 Å². The molecule has 0 spiro atoms. The summed E-state index contributed by atoms with van der Waals surface area (Å²) in [5.41, 5.74) is -3.37. The van der Waals surface area contributed by atoms with Gasteiger partial charge in [-0.2, -0.15) is 39.5 Å². The summed E-state index contributed by atoms with van der Waals surface area (Å²) in [6.45, 7) is -2.73. The van der Waals surface area contributed by atoms with Crippen molar-refractivity contribution in [1.82, 2.24) is 9.97 Å². The zero-order valence-corrected chi connectivity index (χ0v) is 27.0. The van der Waals surface area contributed by atoms with Crippen molar-refractivity contribution >= 4 is 52.1 Å². The largest absolute Gasteiger partial charge is 2.00 e. The standard InChI is InChI=1S/C31H22F9N4O6.Mn/c1-15(2)16-5-6-19(42-16)24(27(46)49-13-30(35,36)37)20-9-10-22(44-20)25(28(47)50-14-31(38,39)40)21-8-7-18(43-21)23(17-4-3-11-41-17)26(45)48-12-29(32,33)34;/h3-11H,12-14H2,1-2H3,(H-,41,42,43,44,45,46,47);/q-1;+2/p-1. The van der Waals surface area contributed by atoms with E-state index < -0.39 is 95.8 Å². The molecule has 2 aliphatic heterocycles. The number of rotatable bonds is 9. The van der Waals surface area contributed by atoms with E-state index in [4.69, 9.17) is 0 Å². The van der Waals surface area contributed by atoms with Gasteiger partial charge in [-0.15, -0.1) is 22.1 Å². The molecular formula is C31H21F9MnN4O6. The van der Waals surface area contributed by atoms with Gasteiger partial charge in [0.1, 0.15) is 0 Å². The molecule has 0 unspecified atom stereocenters. The first-order valence-electron chi connectivity index (χ1n) is 13.9. The van der Waals surface area contributed by atoms with Gasteiger partial charge in [-0.1, -0.05) is 29.8 Å². The summed E-state index contributed by atoms with van der Waals surface area (Å²) in [4.78, 5) is 54.9. The molecule has 0 fully saturated rings. The Kier molecular flexibility index (Phi) is 12.5. The van der Waals surface area contributed by atoms with E-state index in [0.717, 1.165) is 24.3 Å². The minimum Gasteiger partial charge on any atom is -0.657 e. The van der Waals surface area contributed by atoms with Crippen molar-refractivity contribution in [1.29, 1.82) is 0 Å². The Bertz CT molecular complexity index is 1990. The third kappa shape index (κ3) is 10.9. The van der Waals surface area contributed by atoms with Crippen LogP contribution in [0, 0.1) is 0 Å². The summed E-state index contributed by atoms with van der Waals surface area (Å²) in [6.07, 6.45) is -9.03. The van der Waals surface area contributed by atoms with Gasteiger partial charge in [-0.25, -0.2) is 19.4 Å². The maximum absolute atomic E-state index is 13.1. The molecule has 0 aromatic carbocycles. The van der Waals surface area contributed by atoms with Crippen LogP contribution in [-0.2, 0) is 45.7 Å². The topological polar surface area (TPSA) is 132 Å². The van der Waals surface area contributed by atoms with E-state index in [2.05, 4.69) is 34.2 Å². The summed E-state index contributed by atoms with van der Waals surface area (Å²) >= 11 is 0. The Morgan fingerprint density at radius 3 is 1.53 bits per heavy atom. The molecule has 2 aliphatic rings. The minimum atomic E-state index is -5.00. The molecule has 271 valence electrons. The van der Waals surface area contributed by atoms with Crippen molar-refractivity contribution in [2.75, 3.05) is 19.8 Å². The Balaban J connectivity index is 0.00000702. The Morgan fingerprint density at radius 2 is 1.10 bits per heavy atom. The first-order chi connectivity index (χ1) is 23.2. The summed E-state index contributed by atoms with van der Waals surface area (Å²) < 4.78 is 129. The number of ether oxygens (including phenoxy) is 3.